The van der Waals surface area contributed by atoms with Crippen molar-refractivity contribution in [3.63, 3.8) is 0 Å². The van der Waals surface area contributed by atoms with E-state index in [-0.39, 0.29) is 5.91 Å². The fraction of sp³-hybridized carbons (Fsp3) is 0.259. The largest absolute Gasteiger partial charge is 0.497 e. The Morgan fingerprint density at radius 2 is 1.80 bits per heavy atom. The number of pyridine rings is 1. The molecule has 3 heterocycles. The molecule has 2 aromatic carbocycles. The van der Waals surface area contributed by atoms with Crippen LogP contribution >= 0.6 is 0 Å². The van der Waals surface area contributed by atoms with Crippen molar-refractivity contribution < 1.29 is 23.9 Å². The highest BCUT2D eigenvalue weighted by atomic mass is 16.5. The highest BCUT2D eigenvalue weighted by Crippen LogP contribution is 2.58. The van der Waals surface area contributed by atoms with Crippen LogP contribution in [-0.4, -0.2) is 36.4 Å². The molecule has 3 atom stereocenters. The van der Waals surface area contributed by atoms with Crippen molar-refractivity contribution in [1.29, 1.82) is 0 Å². The first-order valence-electron chi connectivity index (χ1n) is 11.5. The second-order valence-electron chi connectivity index (χ2n) is 8.54. The smallest absolute Gasteiger partial charge is 0.324 e. The third-order valence-electron chi connectivity index (χ3n) is 6.67. The Morgan fingerprint density at radius 3 is 2.49 bits per heavy atom. The first kappa shape index (κ1) is 22.6. The number of hydrogen-bond donors (Lipinski definition) is 1. The average Bonchev–Trinajstić information content (AvgIpc) is 3.18. The van der Waals surface area contributed by atoms with Crippen molar-refractivity contribution in [1.82, 2.24) is 10.3 Å². The van der Waals surface area contributed by atoms with Crippen LogP contribution < -0.4 is 19.7 Å². The number of rotatable bonds is 6. The van der Waals surface area contributed by atoms with Gasteiger partial charge in [0.1, 0.15) is 17.4 Å². The van der Waals surface area contributed by atoms with Gasteiger partial charge in [0.25, 0.3) is 5.91 Å². The highest BCUT2D eigenvalue weighted by molar-refractivity contribution is 6.17. The van der Waals surface area contributed by atoms with Crippen molar-refractivity contribution >= 4 is 23.5 Å². The molecular weight excluding hydrogens is 446 g/mol. The molecule has 1 fully saturated rings. The maximum Gasteiger partial charge on any atom is 0.324 e. The van der Waals surface area contributed by atoms with E-state index in [0.29, 0.717) is 41.3 Å². The van der Waals surface area contributed by atoms with Crippen LogP contribution in [0.1, 0.15) is 30.4 Å². The van der Waals surface area contributed by atoms with Crippen LogP contribution in [-0.2, 0) is 19.9 Å². The summed E-state index contributed by atoms with van der Waals surface area (Å²) < 4.78 is 10.9. The molecule has 5 rings (SSSR count). The minimum absolute atomic E-state index is 0.352. The Labute approximate surface area is 202 Å². The summed E-state index contributed by atoms with van der Waals surface area (Å²) in [6.07, 6.45) is 3.88. The fourth-order valence-corrected chi connectivity index (χ4v) is 5.20. The van der Waals surface area contributed by atoms with Gasteiger partial charge < -0.3 is 14.8 Å². The van der Waals surface area contributed by atoms with Crippen molar-refractivity contribution in [2.45, 2.75) is 24.8 Å². The lowest BCUT2D eigenvalue weighted by Gasteiger charge is -2.42. The summed E-state index contributed by atoms with van der Waals surface area (Å²) in [5, 5.41) is 3.01. The van der Waals surface area contributed by atoms with Crippen LogP contribution in [0.3, 0.4) is 0 Å². The van der Waals surface area contributed by atoms with Crippen LogP contribution in [0.2, 0.25) is 0 Å². The number of benzene rings is 2. The molecule has 0 radical (unpaired) electrons. The number of hydrogen-bond acceptors (Lipinski definition) is 6. The van der Waals surface area contributed by atoms with Crippen LogP contribution in [0.5, 0.6) is 11.5 Å². The molecule has 2 aliphatic rings. The van der Waals surface area contributed by atoms with E-state index >= 15 is 0 Å². The van der Waals surface area contributed by atoms with Gasteiger partial charge in [-0.25, -0.2) is 0 Å². The molecule has 0 saturated carbocycles. The van der Waals surface area contributed by atoms with Gasteiger partial charge in [-0.3, -0.25) is 24.3 Å². The normalized spacial score (nSPS) is 22.7. The van der Waals surface area contributed by atoms with E-state index in [1.807, 2.05) is 19.1 Å². The van der Waals surface area contributed by atoms with Crippen molar-refractivity contribution in [2.75, 3.05) is 18.6 Å². The molecule has 2 aliphatic heterocycles. The van der Waals surface area contributed by atoms with Crippen molar-refractivity contribution in [3.8, 4) is 11.5 Å². The minimum Gasteiger partial charge on any atom is -0.497 e. The van der Waals surface area contributed by atoms with Crippen molar-refractivity contribution in [3.05, 3.63) is 84.2 Å². The van der Waals surface area contributed by atoms with Gasteiger partial charge in [-0.05, 0) is 54.4 Å². The number of fused-ring (bicyclic) bond motifs is 3. The van der Waals surface area contributed by atoms with Gasteiger partial charge in [-0.1, -0.05) is 25.1 Å². The van der Waals surface area contributed by atoms with Gasteiger partial charge in [0.15, 0.2) is 5.54 Å². The van der Waals surface area contributed by atoms with E-state index in [0.717, 1.165) is 0 Å². The molecule has 1 saturated heterocycles. The molecule has 0 aliphatic carbocycles. The summed E-state index contributed by atoms with van der Waals surface area (Å²) in [6, 6.07) is 17.4. The Hall–Kier alpha value is -4.20. The fourth-order valence-electron chi connectivity index (χ4n) is 5.20. The minimum atomic E-state index is -1.55. The summed E-state index contributed by atoms with van der Waals surface area (Å²) >= 11 is 0. The Morgan fingerprint density at radius 1 is 1.09 bits per heavy atom. The van der Waals surface area contributed by atoms with Gasteiger partial charge in [0, 0.05) is 36.1 Å². The number of ether oxygens (including phenoxy) is 2. The van der Waals surface area contributed by atoms with Gasteiger partial charge in [-0.2, -0.15) is 0 Å². The standard InChI is InChI=1S/C27H25N3O5/c1-3-14-29-26(33)27(17-12-15-28-16-13-17)23-20-6-4-5-7-21(20)35-25(32)22(23)24(31)30(27)18-8-10-19(34-2)11-9-18/h4-13,15-16,22-23H,3,14H2,1-2H3,(H,29,33)/t22-,23-,27-/m1/s1. The third kappa shape index (κ3) is 3.36. The van der Waals surface area contributed by atoms with Gasteiger partial charge in [0.2, 0.25) is 5.91 Å². The van der Waals surface area contributed by atoms with E-state index < -0.39 is 29.3 Å². The topological polar surface area (TPSA) is 97.8 Å². The molecule has 8 nitrogen and oxygen atoms in total. The van der Waals surface area contributed by atoms with Crippen LogP contribution in [0.4, 0.5) is 5.69 Å². The Kier molecular flexibility index (Phi) is 5.72. The van der Waals surface area contributed by atoms with E-state index in [1.54, 1.807) is 68.0 Å². The molecule has 35 heavy (non-hydrogen) atoms. The number of carbonyl (C=O) groups excluding carboxylic acids is 3. The molecule has 1 N–H and O–H groups in total. The SMILES string of the molecule is CCCNC(=O)[C@@]1(c2ccncc2)[C@@H]2c3ccccc3OC(=O)[C@H]2C(=O)N1c1ccc(OC)cc1. The van der Waals surface area contributed by atoms with Gasteiger partial charge in [-0.15, -0.1) is 0 Å². The molecule has 2 amide bonds. The molecule has 8 heteroatoms. The summed E-state index contributed by atoms with van der Waals surface area (Å²) in [7, 11) is 1.55. The molecule has 1 aromatic heterocycles. The first-order valence-corrected chi connectivity index (χ1v) is 11.5. The lowest BCUT2D eigenvalue weighted by molar-refractivity contribution is -0.144. The van der Waals surface area contributed by atoms with Crippen molar-refractivity contribution in [2.24, 2.45) is 5.92 Å². The molecule has 0 bridgehead atoms. The number of para-hydroxylation sites is 1. The number of nitrogens with zero attached hydrogens (tertiary/aromatic N) is 2. The predicted molar refractivity (Wildman–Crippen MR) is 128 cm³/mol. The lowest BCUT2D eigenvalue weighted by atomic mass is 9.69. The van der Waals surface area contributed by atoms with E-state index in [1.165, 1.54) is 4.90 Å². The number of nitrogens with one attached hydrogen (secondary N) is 1. The van der Waals surface area contributed by atoms with E-state index in [4.69, 9.17) is 9.47 Å². The number of carbonyl (C=O) groups is 3. The quantitative estimate of drug-likeness (QED) is 0.337. The Balaban J connectivity index is 1.84. The predicted octanol–water partition coefficient (Wildman–Crippen LogP) is 3.18. The van der Waals surface area contributed by atoms with Crippen LogP contribution in [0.25, 0.3) is 0 Å². The number of esters is 1. The summed E-state index contributed by atoms with van der Waals surface area (Å²) in [5.41, 5.74) is 0.107. The Bertz CT molecular complexity index is 1280. The van der Waals surface area contributed by atoms with E-state index in [2.05, 4.69) is 10.3 Å². The second-order valence-corrected chi connectivity index (χ2v) is 8.54. The summed E-state index contributed by atoms with van der Waals surface area (Å²) in [5.74, 6) is -2.58. The third-order valence-corrected chi connectivity index (χ3v) is 6.67. The number of methoxy groups -OCH3 is 1. The molecular formula is C27H25N3O5. The van der Waals surface area contributed by atoms with Crippen LogP contribution in [0.15, 0.2) is 73.1 Å². The second kappa shape index (κ2) is 8.87. The maximum absolute atomic E-state index is 14.2. The van der Waals surface area contributed by atoms with Gasteiger partial charge in [0.05, 0.1) is 7.11 Å². The zero-order valence-electron chi connectivity index (χ0n) is 19.4. The highest BCUT2D eigenvalue weighted by Gasteiger charge is 2.68. The monoisotopic (exact) mass is 471 g/mol. The number of amides is 2. The van der Waals surface area contributed by atoms with Gasteiger partial charge >= 0.3 is 5.97 Å². The average molecular weight is 472 g/mol. The molecule has 178 valence electrons. The molecule has 0 unspecified atom stereocenters. The summed E-state index contributed by atoms with van der Waals surface area (Å²) in [6.45, 7) is 2.37. The van der Waals surface area contributed by atoms with E-state index in [9.17, 15) is 14.4 Å². The molecule has 3 aromatic rings. The summed E-state index contributed by atoms with van der Waals surface area (Å²) in [4.78, 5) is 47.2. The number of aromatic nitrogens is 1. The molecule has 0 spiro atoms. The lowest BCUT2D eigenvalue weighted by Crippen LogP contribution is -2.57. The first-order chi connectivity index (χ1) is 17.0. The van der Waals surface area contributed by atoms with Crippen LogP contribution in [0, 0.1) is 5.92 Å². The number of anilines is 1. The maximum atomic E-state index is 14.2. The zero-order valence-corrected chi connectivity index (χ0v) is 19.4. The zero-order chi connectivity index (χ0) is 24.6.